The number of hydrogen-bond donors (Lipinski definition) is 1. The highest BCUT2D eigenvalue weighted by atomic mass is 16.5. The molecule has 7 nitrogen and oxygen atoms in total. The average Bonchev–Trinajstić information content (AvgIpc) is 3.04. The van der Waals surface area contributed by atoms with Crippen LogP contribution in [0.5, 0.6) is 0 Å². The van der Waals surface area contributed by atoms with Gasteiger partial charge in [0.05, 0.1) is 18.6 Å². The number of ether oxygens (including phenoxy) is 1. The second kappa shape index (κ2) is 9.74. The Morgan fingerprint density at radius 3 is 2.26 bits per heavy atom. The Morgan fingerprint density at radius 1 is 1.00 bits per heavy atom. The summed E-state index contributed by atoms with van der Waals surface area (Å²) in [4.78, 5) is 65.9. The van der Waals surface area contributed by atoms with Gasteiger partial charge in [-0.1, -0.05) is 48.5 Å². The van der Waals surface area contributed by atoms with Crippen LogP contribution in [0.4, 0.5) is 0 Å². The van der Waals surface area contributed by atoms with Gasteiger partial charge in [-0.2, -0.15) is 0 Å². The van der Waals surface area contributed by atoms with Gasteiger partial charge in [0.25, 0.3) is 0 Å². The third kappa shape index (κ3) is 4.20. The molecule has 7 heteroatoms. The predicted molar refractivity (Wildman–Crippen MR) is 145 cm³/mol. The van der Waals surface area contributed by atoms with Crippen LogP contribution in [0.3, 0.4) is 0 Å². The van der Waals surface area contributed by atoms with E-state index in [-0.39, 0.29) is 79.1 Å². The smallest absolute Gasteiger partial charge is 0.309 e. The molecule has 0 spiro atoms. The van der Waals surface area contributed by atoms with E-state index in [1.807, 2.05) is 41.5 Å². The van der Waals surface area contributed by atoms with Crippen molar-refractivity contribution in [1.29, 1.82) is 0 Å². The molecule has 2 fully saturated rings. The second-order valence-electron chi connectivity index (χ2n) is 14.1. The standard InChI is InChI=1S/C32H46O7/c1-9-39-28(38)18(3)13-19(33)12-17(2)20-14-25(37)32(8)27-21(34)15-23-29(4,5)24(36)10-11-30(23,6)26(27)22(35)16-31(20,32)7/h17-18,20,23,25,37H,9-16H2,1-8H3/t17?,18-,20-,23?,25+,30+,31-,32+/m1/s1. The Balaban J connectivity index is 1.68. The number of ketones is 4. The number of carbonyl (C=O) groups is 5. The number of aliphatic hydroxyl groups is 1. The van der Waals surface area contributed by atoms with Crippen molar-refractivity contribution in [2.75, 3.05) is 6.61 Å². The van der Waals surface area contributed by atoms with Crippen molar-refractivity contribution in [2.45, 2.75) is 106 Å². The third-order valence-corrected chi connectivity index (χ3v) is 11.7. The molecule has 0 radical (unpaired) electrons. The quantitative estimate of drug-likeness (QED) is 0.459. The third-order valence-electron chi connectivity index (χ3n) is 11.7. The molecule has 8 atom stereocenters. The normalized spacial score (nSPS) is 39.0. The van der Waals surface area contributed by atoms with Crippen molar-refractivity contribution >= 4 is 29.1 Å². The van der Waals surface area contributed by atoms with Gasteiger partial charge in [0.1, 0.15) is 11.6 Å². The van der Waals surface area contributed by atoms with Crippen molar-refractivity contribution in [3.8, 4) is 0 Å². The number of esters is 1. The van der Waals surface area contributed by atoms with Gasteiger partial charge in [0, 0.05) is 59.5 Å². The van der Waals surface area contributed by atoms with Gasteiger partial charge in [-0.15, -0.1) is 0 Å². The molecule has 216 valence electrons. The molecule has 2 unspecified atom stereocenters. The lowest BCUT2D eigenvalue weighted by atomic mass is 9.42. The Morgan fingerprint density at radius 2 is 1.64 bits per heavy atom. The topological polar surface area (TPSA) is 115 Å². The highest BCUT2D eigenvalue weighted by Gasteiger charge is 2.70. The molecule has 0 aromatic carbocycles. The molecule has 0 amide bonds. The first-order chi connectivity index (χ1) is 18.0. The van der Waals surface area contributed by atoms with Gasteiger partial charge in [-0.25, -0.2) is 0 Å². The molecule has 0 aliphatic heterocycles. The zero-order valence-electron chi connectivity index (χ0n) is 24.9. The number of hydrogen-bond acceptors (Lipinski definition) is 7. The van der Waals surface area contributed by atoms with Gasteiger partial charge in [-0.3, -0.25) is 24.0 Å². The minimum Gasteiger partial charge on any atom is -0.466 e. The molecular formula is C32H46O7. The number of rotatable bonds is 7. The summed E-state index contributed by atoms with van der Waals surface area (Å²) >= 11 is 0. The maximum Gasteiger partial charge on any atom is 0.309 e. The lowest BCUT2D eigenvalue weighted by Gasteiger charge is -2.59. The molecule has 0 aromatic rings. The first-order valence-corrected chi connectivity index (χ1v) is 14.7. The van der Waals surface area contributed by atoms with Crippen molar-refractivity contribution in [1.82, 2.24) is 0 Å². The van der Waals surface area contributed by atoms with Crippen LogP contribution in [0.15, 0.2) is 11.1 Å². The highest BCUT2D eigenvalue weighted by molar-refractivity contribution is 6.12. The van der Waals surface area contributed by atoms with E-state index in [0.29, 0.717) is 30.4 Å². The van der Waals surface area contributed by atoms with Gasteiger partial charge < -0.3 is 9.84 Å². The average molecular weight is 543 g/mol. The molecule has 1 N–H and O–H groups in total. The first-order valence-electron chi connectivity index (χ1n) is 14.7. The van der Waals surface area contributed by atoms with Crippen LogP contribution < -0.4 is 0 Å². The number of Topliss-reactive ketones (excluding diaryl/α,β-unsaturated/α-hetero) is 4. The zero-order chi connectivity index (χ0) is 29.3. The molecule has 2 saturated carbocycles. The fourth-order valence-electron chi connectivity index (χ4n) is 9.20. The molecule has 0 bridgehead atoms. The molecule has 4 rings (SSSR count). The van der Waals surface area contributed by atoms with Gasteiger partial charge in [0.2, 0.25) is 0 Å². The van der Waals surface area contributed by atoms with E-state index >= 15 is 0 Å². The van der Waals surface area contributed by atoms with E-state index in [2.05, 4.69) is 0 Å². The summed E-state index contributed by atoms with van der Waals surface area (Å²) in [6, 6.07) is 0. The van der Waals surface area contributed by atoms with E-state index in [4.69, 9.17) is 4.74 Å². The minimum absolute atomic E-state index is 0.0463. The maximum absolute atomic E-state index is 14.1. The molecular weight excluding hydrogens is 496 g/mol. The largest absolute Gasteiger partial charge is 0.466 e. The number of fused-ring (bicyclic) bond motifs is 4. The van der Waals surface area contributed by atoms with Crippen LogP contribution >= 0.6 is 0 Å². The molecule has 39 heavy (non-hydrogen) atoms. The van der Waals surface area contributed by atoms with Crippen LogP contribution in [0, 0.1) is 45.3 Å². The monoisotopic (exact) mass is 542 g/mol. The summed E-state index contributed by atoms with van der Waals surface area (Å²) in [5.74, 6) is -1.54. The van der Waals surface area contributed by atoms with Crippen LogP contribution in [0.1, 0.15) is 100 Å². The SMILES string of the molecule is CCOC(=O)[C@H](C)CC(=O)CC(C)[C@H]1C[C@H](O)[C@@]2(C)C3=C(C(=O)C[C@]12C)[C@@]1(C)CCC(=O)C(C)(C)C1CC3=O. The van der Waals surface area contributed by atoms with Crippen LogP contribution in [0.25, 0.3) is 0 Å². The predicted octanol–water partition coefficient (Wildman–Crippen LogP) is 4.82. The van der Waals surface area contributed by atoms with Gasteiger partial charge in [-0.05, 0) is 42.9 Å². The van der Waals surface area contributed by atoms with E-state index in [0.717, 1.165) is 0 Å². The van der Waals surface area contributed by atoms with Crippen LogP contribution in [-0.2, 0) is 28.7 Å². The maximum atomic E-state index is 14.1. The van der Waals surface area contributed by atoms with E-state index < -0.39 is 33.7 Å². The van der Waals surface area contributed by atoms with E-state index in [1.54, 1.807) is 13.8 Å². The summed E-state index contributed by atoms with van der Waals surface area (Å²) in [6.45, 7) is 15.5. The lowest BCUT2D eigenvalue weighted by molar-refractivity contribution is -0.149. The number of carbonyl (C=O) groups excluding carboxylic acids is 5. The molecule has 0 saturated heterocycles. The second-order valence-corrected chi connectivity index (χ2v) is 14.1. The number of allylic oxidation sites excluding steroid dienone is 1. The summed E-state index contributed by atoms with van der Waals surface area (Å²) in [6.07, 6.45) is 1.20. The Kier molecular flexibility index (Phi) is 7.45. The summed E-state index contributed by atoms with van der Waals surface area (Å²) in [7, 11) is 0. The van der Waals surface area contributed by atoms with Crippen molar-refractivity contribution in [3.63, 3.8) is 0 Å². The fraction of sp³-hybridized carbons (Fsp3) is 0.781. The Hall–Kier alpha value is -2.15. The van der Waals surface area contributed by atoms with Gasteiger partial charge >= 0.3 is 5.97 Å². The highest BCUT2D eigenvalue weighted by Crippen LogP contribution is 2.70. The molecule has 4 aliphatic rings. The molecule has 4 aliphatic carbocycles. The van der Waals surface area contributed by atoms with E-state index in [1.165, 1.54) is 0 Å². The fourth-order valence-corrected chi connectivity index (χ4v) is 9.20. The Bertz CT molecular complexity index is 1150. The zero-order valence-corrected chi connectivity index (χ0v) is 24.9. The molecule has 0 heterocycles. The summed E-state index contributed by atoms with van der Waals surface area (Å²) in [5, 5.41) is 11.6. The van der Waals surface area contributed by atoms with Crippen molar-refractivity contribution in [2.24, 2.45) is 45.3 Å². The van der Waals surface area contributed by atoms with Crippen molar-refractivity contribution in [3.05, 3.63) is 11.1 Å². The molecule has 0 aromatic heterocycles. The van der Waals surface area contributed by atoms with Crippen molar-refractivity contribution < 1.29 is 33.8 Å². The Labute approximate surface area is 232 Å². The van der Waals surface area contributed by atoms with E-state index in [9.17, 15) is 29.1 Å². The lowest BCUT2D eigenvalue weighted by Crippen LogP contribution is -2.59. The van der Waals surface area contributed by atoms with Crippen LogP contribution in [0.2, 0.25) is 0 Å². The summed E-state index contributed by atoms with van der Waals surface area (Å²) in [5.41, 5.74) is -1.88. The minimum atomic E-state index is -0.924. The summed E-state index contributed by atoms with van der Waals surface area (Å²) < 4.78 is 5.04. The van der Waals surface area contributed by atoms with Gasteiger partial charge in [0.15, 0.2) is 11.6 Å². The van der Waals surface area contributed by atoms with Crippen LogP contribution in [-0.4, -0.2) is 46.9 Å². The first kappa shape index (κ1) is 29.8. The number of aliphatic hydroxyl groups excluding tert-OH is 1.